The molecule has 0 bridgehead atoms. The minimum absolute atomic E-state index is 0.0400. The van der Waals surface area contributed by atoms with Gasteiger partial charge in [-0.25, -0.2) is 15.0 Å². The molecule has 2 aromatic heterocycles. The smallest absolute Gasteiger partial charge is 0.377 e. The number of nitrogens with zero attached hydrogens (tertiary/aromatic N) is 4. The molecule has 0 spiro atoms. The van der Waals surface area contributed by atoms with Gasteiger partial charge in [0.1, 0.15) is 12.0 Å². The first-order valence-corrected chi connectivity index (χ1v) is 15.0. The van der Waals surface area contributed by atoms with Gasteiger partial charge in [-0.05, 0) is 64.7 Å². The third kappa shape index (κ3) is 5.55. The molecule has 2 fully saturated rings. The van der Waals surface area contributed by atoms with Gasteiger partial charge in [0.05, 0.1) is 30.1 Å². The number of allylic oxidation sites excluding steroid dienone is 1. The zero-order valence-corrected chi connectivity index (χ0v) is 24.4. The second-order valence-corrected chi connectivity index (χ2v) is 12.1. The molecule has 2 aromatic rings. The Hall–Kier alpha value is -2.77. The summed E-state index contributed by atoms with van der Waals surface area (Å²) >= 11 is 1.46. The average Bonchev–Trinajstić information content (AvgIpc) is 3.20. The lowest BCUT2D eigenvalue weighted by Gasteiger charge is -2.46. The number of aliphatic imine (C=N–C) groups is 1. The first kappa shape index (κ1) is 29.7. The molecule has 0 aromatic carbocycles. The van der Waals surface area contributed by atoms with Crippen molar-refractivity contribution in [1.82, 2.24) is 25.2 Å². The van der Waals surface area contributed by atoms with Crippen LogP contribution in [-0.2, 0) is 9.53 Å². The molecule has 1 aliphatic carbocycles. The number of ether oxygens (including phenoxy) is 1. The SMILES string of the molecule is CSC1=CC(C)=NC(=O)C1CNC(=O)c1c(C)n([C@H](C)C2CCC(NC3(C(F)(F)F)COC3)CC2)c2ncncc12. The molecule has 0 radical (unpaired) electrons. The van der Waals surface area contributed by atoms with E-state index in [2.05, 4.69) is 32.5 Å². The van der Waals surface area contributed by atoms with Gasteiger partial charge in [0.2, 0.25) is 0 Å². The van der Waals surface area contributed by atoms with Gasteiger partial charge < -0.3 is 14.6 Å². The van der Waals surface area contributed by atoms with Crippen molar-refractivity contribution < 1.29 is 27.5 Å². The fourth-order valence-corrected chi connectivity index (χ4v) is 7.07. The van der Waals surface area contributed by atoms with Crippen molar-refractivity contribution in [3.63, 3.8) is 0 Å². The number of thioether (sulfide) groups is 1. The van der Waals surface area contributed by atoms with E-state index in [1.807, 2.05) is 23.8 Å². The molecule has 3 aliphatic rings. The Kier molecular flexibility index (Phi) is 8.32. The maximum atomic E-state index is 13.6. The van der Waals surface area contributed by atoms with Gasteiger partial charge >= 0.3 is 6.18 Å². The summed E-state index contributed by atoms with van der Waals surface area (Å²) in [5, 5.41) is 6.40. The molecule has 2 aliphatic heterocycles. The largest absolute Gasteiger partial charge is 0.411 e. The molecule has 1 unspecified atom stereocenters. The maximum Gasteiger partial charge on any atom is 0.411 e. The summed E-state index contributed by atoms with van der Waals surface area (Å²) in [5.41, 5.74) is 0.531. The number of fused-ring (bicyclic) bond motifs is 1. The Morgan fingerprint density at radius 3 is 2.56 bits per heavy atom. The lowest BCUT2D eigenvalue weighted by atomic mass is 9.80. The first-order chi connectivity index (χ1) is 19.5. The number of alkyl halides is 3. The predicted molar refractivity (Wildman–Crippen MR) is 151 cm³/mol. The van der Waals surface area contributed by atoms with Gasteiger partial charge in [-0.3, -0.25) is 14.9 Å². The molecule has 13 heteroatoms. The topological polar surface area (TPSA) is 110 Å². The van der Waals surface area contributed by atoms with Gasteiger partial charge in [0.15, 0.2) is 5.54 Å². The normalized spacial score (nSPS) is 25.3. The number of carbonyl (C=O) groups excluding carboxylic acids is 2. The highest BCUT2D eigenvalue weighted by Crippen LogP contribution is 2.41. The number of hydrogen-bond acceptors (Lipinski definition) is 7. The number of halogens is 3. The molecule has 222 valence electrons. The molecular formula is C28H35F3N6O3S. The Labute approximate surface area is 240 Å². The van der Waals surface area contributed by atoms with Gasteiger partial charge in [0, 0.05) is 41.1 Å². The van der Waals surface area contributed by atoms with Crippen LogP contribution < -0.4 is 10.6 Å². The van der Waals surface area contributed by atoms with E-state index in [-0.39, 0.29) is 49.6 Å². The lowest BCUT2D eigenvalue weighted by Crippen LogP contribution is -2.71. The van der Waals surface area contributed by atoms with Crippen LogP contribution in [0.25, 0.3) is 11.0 Å². The lowest BCUT2D eigenvalue weighted by molar-refractivity contribution is -0.270. The third-order valence-corrected chi connectivity index (χ3v) is 9.58. The average molecular weight is 593 g/mol. The molecule has 4 heterocycles. The number of aromatic nitrogens is 3. The van der Waals surface area contributed by atoms with E-state index in [0.29, 0.717) is 35.2 Å². The van der Waals surface area contributed by atoms with Crippen LogP contribution in [0.15, 0.2) is 28.5 Å². The van der Waals surface area contributed by atoms with E-state index < -0.39 is 17.6 Å². The molecule has 2 amide bonds. The maximum absolute atomic E-state index is 13.6. The van der Waals surface area contributed by atoms with Gasteiger partial charge in [0.25, 0.3) is 11.8 Å². The number of amides is 2. The third-order valence-electron chi connectivity index (χ3n) is 8.70. The van der Waals surface area contributed by atoms with Crippen molar-refractivity contribution in [2.24, 2.45) is 16.8 Å². The first-order valence-electron chi connectivity index (χ1n) is 13.8. The fraction of sp³-hybridized carbons (Fsp3) is 0.607. The molecule has 1 saturated carbocycles. The van der Waals surface area contributed by atoms with E-state index in [0.717, 1.165) is 23.4 Å². The van der Waals surface area contributed by atoms with Crippen LogP contribution in [0.2, 0.25) is 0 Å². The molecule has 2 N–H and O–H groups in total. The molecular weight excluding hydrogens is 557 g/mol. The van der Waals surface area contributed by atoms with Crippen molar-refractivity contribution in [3.8, 4) is 0 Å². The van der Waals surface area contributed by atoms with Crippen LogP contribution in [0.1, 0.15) is 61.6 Å². The molecule has 5 rings (SSSR count). The zero-order chi connectivity index (χ0) is 29.5. The number of hydrogen-bond donors (Lipinski definition) is 2. The Morgan fingerprint density at radius 2 is 1.95 bits per heavy atom. The standard InChI is InChI=1S/C28H35F3N6O3S/c1-15-9-22(41-4)20(25(38)35-15)11-33-26(39)23-17(3)37(24-21(23)10-32-14-34-24)16(2)18-5-7-19(8-6-18)36-27(12-40-13-27)28(29,30)31/h9-10,14,16,18-20,36H,5-8,11-13H2,1-4H3,(H,33,39)/t16-,18?,19?,20?/m1/s1. The quantitative estimate of drug-likeness (QED) is 0.468. The highest BCUT2D eigenvalue weighted by atomic mass is 32.2. The highest BCUT2D eigenvalue weighted by molar-refractivity contribution is 8.02. The number of rotatable bonds is 8. The summed E-state index contributed by atoms with van der Waals surface area (Å²) in [6.45, 7) is 5.15. The van der Waals surface area contributed by atoms with Gasteiger partial charge in [-0.2, -0.15) is 13.2 Å². The zero-order valence-electron chi connectivity index (χ0n) is 23.5. The van der Waals surface area contributed by atoms with Gasteiger partial charge in [-0.1, -0.05) is 0 Å². The summed E-state index contributed by atoms with van der Waals surface area (Å²) < 4.78 is 47.8. The minimum Gasteiger partial charge on any atom is -0.377 e. The van der Waals surface area contributed by atoms with Crippen LogP contribution in [0.3, 0.4) is 0 Å². The second kappa shape index (κ2) is 11.5. The molecule has 41 heavy (non-hydrogen) atoms. The van der Waals surface area contributed by atoms with Crippen LogP contribution in [0.5, 0.6) is 0 Å². The molecule has 9 nitrogen and oxygen atoms in total. The Balaban J connectivity index is 1.31. The van der Waals surface area contributed by atoms with Crippen molar-refractivity contribution in [1.29, 1.82) is 0 Å². The predicted octanol–water partition coefficient (Wildman–Crippen LogP) is 4.37. The Morgan fingerprint density at radius 1 is 1.24 bits per heavy atom. The monoisotopic (exact) mass is 592 g/mol. The fourth-order valence-electron chi connectivity index (χ4n) is 6.32. The minimum atomic E-state index is -4.35. The van der Waals surface area contributed by atoms with E-state index in [4.69, 9.17) is 4.74 Å². The van der Waals surface area contributed by atoms with Crippen LogP contribution >= 0.6 is 11.8 Å². The summed E-state index contributed by atoms with van der Waals surface area (Å²) in [7, 11) is 0. The van der Waals surface area contributed by atoms with Gasteiger partial charge in [-0.15, -0.1) is 11.8 Å². The summed E-state index contributed by atoms with van der Waals surface area (Å²) in [5.74, 6) is -0.932. The van der Waals surface area contributed by atoms with Crippen LogP contribution in [-0.4, -0.2) is 75.8 Å². The number of carbonyl (C=O) groups is 2. The van der Waals surface area contributed by atoms with E-state index in [1.54, 1.807) is 13.1 Å². The second-order valence-electron chi connectivity index (χ2n) is 11.3. The van der Waals surface area contributed by atoms with E-state index >= 15 is 0 Å². The highest BCUT2D eigenvalue weighted by Gasteiger charge is 2.60. The van der Waals surface area contributed by atoms with Crippen molar-refractivity contribution in [2.45, 2.75) is 70.3 Å². The molecule has 2 atom stereocenters. The molecule has 1 saturated heterocycles. The van der Waals surface area contributed by atoms with E-state index in [9.17, 15) is 22.8 Å². The van der Waals surface area contributed by atoms with Crippen molar-refractivity contribution in [3.05, 3.63) is 34.8 Å². The summed E-state index contributed by atoms with van der Waals surface area (Å²) in [6.07, 6.45) is 5.20. The van der Waals surface area contributed by atoms with Crippen molar-refractivity contribution >= 4 is 40.3 Å². The van der Waals surface area contributed by atoms with Crippen molar-refractivity contribution in [2.75, 3.05) is 26.0 Å². The Bertz CT molecular complexity index is 1390. The van der Waals surface area contributed by atoms with Crippen LogP contribution in [0, 0.1) is 18.8 Å². The number of dihydropyridines is 1. The van der Waals surface area contributed by atoms with Crippen LogP contribution in [0.4, 0.5) is 13.2 Å². The number of nitrogens with one attached hydrogen (secondary N) is 2. The summed E-state index contributed by atoms with van der Waals surface area (Å²) in [6, 6.07) is -0.271. The summed E-state index contributed by atoms with van der Waals surface area (Å²) in [4.78, 5) is 39.6. The van der Waals surface area contributed by atoms with E-state index in [1.165, 1.54) is 18.1 Å².